The van der Waals surface area contributed by atoms with Crippen LogP contribution < -0.4 is 5.32 Å². The van der Waals surface area contributed by atoms with E-state index < -0.39 is 0 Å². The Morgan fingerprint density at radius 3 is 2.44 bits per heavy atom. The predicted molar refractivity (Wildman–Crippen MR) is 79.2 cm³/mol. The molecule has 0 bridgehead atoms. The molecule has 102 valence electrons. The standard InChI is InChI=1S/C15H26N2S/c1-7-11-12(9-16-14(2,3)4)18-13(17-11)10-8-15(10,5)6/h10,16H,7-9H2,1-6H3. The number of hydrogen-bond acceptors (Lipinski definition) is 3. The van der Waals surface area contributed by atoms with Crippen LogP contribution in [0.15, 0.2) is 0 Å². The van der Waals surface area contributed by atoms with Gasteiger partial charge in [0.2, 0.25) is 0 Å². The Balaban J connectivity index is 2.10. The van der Waals surface area contributed by atoms with E-state index in [9.17, 15) is 0 Å². The molecular formula is C15H26N2S. The molecule has 1 aromatic rings. The van der Waals surface area contributed by atoms with Gasteiger partial charge in [0.1, 0.15) is 0 Å². The van der Waals surface area contributed by atoms with E-state index in [4.69, 9.17) is 4.98 Å². The van der Waals surface area contributed by atoms with Crippen LogP contribution in [-0.4, -0.2) is 10.5 Å². The lowest BCUT2D eigenvalue weighted by atomic mass is 10.1. The molecule has 2 nitrogen and oxygen atoms in total. The van der Waals surface area contributed by atoms with Crippen molar-refractivity contribution in [2.24, 2.45) is 5.41 Å². The largest absolute Gasteiger partial charge is 0.307 e. The van der Waals surface area contributed by atoms with E-state index in [2.05, 4.69) is 46.9 Å². The summed E-state index contributed by atoms with van der Waals surface area (Å²) in [4.78, 5) is 6.30. The van der Waals surface area contributed by atoms with Crippen LogP contribution in [0.3, 0.4) is 0 Å². The number of thiazole rings is 1. The van der Waals surface area contributed by atoms with E-state index in [0.717, 1.165) is 13.0 Å². The summed E-state index contributed by atoms with van der Waals surface area (Å²) in [5.41, 5.74) is 1.96. The van der Waals surface area contributed by atoms with E-state index >= 15 is 0 Å². The zero-order chi connectivity index (χ0) is 13.6. The average molecular weight is 266 g/mol. The van der Waals surface area contributed by atoms with Crippen LogP contribution >= 0.6 is 11.3 Å². The van der Waals surface area contributed by atoms with Crippen LogP contribution in [0.5, 0.6) is 0 Å². The second kappa shape index (κ2) is 4.61. The molecule has 0 aliphatic heterocycles. The first-order valence-corrected chi connectivity index (χ1v) is 7.78. The lowest BCUT2D eigenvalue weighted by molar-refractivity contribution is 0.425. The van der Waals surface area contributed by atoms with Crippen LogP contribution in [0.2, 0.25) is 0 Å². The Labute approximate surface area is 115 Å². The van der Waals surface area contributed by atoms with Gasteiger partial charge >= 0.3 is 0 Å². The molecule has 18 heavy (non-hydrogen) atoms. The van der Waals surface area contributed by atoms with E-state index in [0.29, 0.717) is 11.3 Å². The van der Waals surface area contributed by atoms with Crippen molar-refractivity contribution >= 4 is 11.3 Å². The van der Waals surface area contributed by atoms with Crippen LogP contribution in [-0.2, 0) is 13.0 Å². The van der Waals surface area contributed by atoms with Crippen LogP contribution in [0.4, 0.5) is 0 Å². The molecular weight excluding hydrogens is 240 g/mol. The molecule has 1 atom stereocenters. The highest BCUT2D eigenvalue weighted by Crippen LogP contribution is 2.59. The van der Waals surface area contributed by atoms with Crippen molar-refractivity contribution in [3.63, 3.8) is 0 Å². The molecule has 0 radical (unpaired) electrons. The summed E-state index contributed by atoms with van der Waals surface area (Å²) in [6.45, 7) is 14.5. The monoisotopic (exact) mass is 266 g/mol. The molecule has 1 aromatic heterocycles. The SMILES string of the molecule is CCc1nc(C2CC2(C)C)sc1CNC(C)(C)C. The highest BCUT2D eigenvalue weighted by atomic mass is 32.1. The second-order valence-electron chi connectivity index (χ2n) is 7.12. The molecule has 1 unspecified atom stereocenters. The van der Waals surface area contributed by atoms with Gasteiger partial charge in [0.25, 0.3) is 0 Å². The zero-order valence-corrected chi connectivity index (χ0v) is 13.4. The van der Waals surface area contributed by atoms with Crippen molar-refractivity contribution in [1.82, 2.24) is 10.3 Å². The van der Waals surface area contributed by atoms with Crippen LogP contribution in [0, 0.1) is 5.41 Å². The van der Waals surface area contributed by atoms with Crippen molar-refractivity contribution in [2.75, 3.05) is 0 Å². The molecule has 1 N–H and O–H groups in total. The third-order valence-electron chi connectivity index (χ3n) is 3.72. The first-order chi connectivity index (χ1) is 8.23. The van der Waals surface area contributed by atoms with Gasteiger partial charge in [-0.15, -0.1) is 11.3 Å². The summed E-state index contributed by atoms with van der Waals surface area (Å²) in [5.74, 6) is 0.705. The number of nitrogens with zero attached hydrogens (tertiary/aromatic N) is 1. The Hall–Kier alpha value is -0.410. The van der Waals surface area contributed by atoms with Gasteiger partial charge < -0.3 is 5.32 Å². The van der Waals surface area contributed by atoms with Crippen molar-refractivity contribution in [2.45, 2.75) is 72.4 Å². The summed E-state index contributed by atoms with van der Waals surface area (Å²) in [6.07, 6.45) is 2.35. The normalized spacial score (nSPS) is 22.2. The highest BCUT2D eigenvalue weighted by Gasteiger charge is 2.48. The smallest absolute Gasteiger partial charge is 0.0968 e. The minimum atomic E-state index is 0.175. The molecule has 3 heteroatoms. The molecule has 1 saturated carbocycles. The quantitative estimate of drug-likeness (QED) is 0.887. The Morgan fingerprint density at radius 1 is 1.39 bits per heavy atom. The molecule has 0 saturated heterocycles. The Morgan fingerprint density at radius 2 is 2.00 bits per heavy atom. The molecule has 0 aromatic carbocycles. The highest BCUT2D eigenvalue weighted by molar-refractivity contribution is 7.11. The van der Waals surface area contributed by atoms with Gasteiger partial charge in [-0.3, -0.25) is 0 Å². The van der Waals surface area contributed by atoms with Gasteiger partial charge in [0.15, 0.2) is 0 Å². The summed E-state index contributed by atoms with van der Waals surface area (Å²) in [7, 11) is 0. The fraction of sp³-hybridized carbons (Fsp3) is 0.800. The van der Waals surface area contributed by atoms with E-state index in [-0.39, 0.29) is 5.54 Å². The zero-order valence-electron chi connectivity index (χ0n) is 12.6. The van der Waals surface area contributed by atoms with Crippen molar-refractivity contribution < 1.29 is 0 Å². The molecule has 1 fully saturated rings. The molecule has 0 amide bonds. The van der Waals surface area contributed by atoms with Crippen molar-refractivity contribution in [3.05, 3.63) is 15.6 Å². The molecule has 1 heterocycles. The first kappa shape index (κ1) is 14.0. The Kier molecular flexibility index (Phi) is 3.58. The molecule has 1 aliphatic rings. The summed E-state index contributed by atoms with van der Waals surface area (Å²) in [6, 6.07) is 0. The molecule has 1 aliphatic carbocycles. The fourth-order valence-corrected chi connectivity index (χ4v) is 3.61. The van der Waals surface area contributed by atoms with Gasteiger partial charge in [0.05, 0.1) is 10.7 Å². The summed E-state index contributed by atoms with van der Waals surface area (Å²) >= 11 is 1.92. The minimum absolute atomic E-state index is 0.175. The van der Waals surface area contributed by atoms with Crippen molar-refractivity contribution in [3.8, 4) is 0 Å². The van der Waals surface area contributed by atoms with Gasteiger partial charge in [-0.1, -0.05) is 20.8 Å². The van der Waals surface area contributed by atoms with Crippen LogP contribution in [0.25, 0.3) is 0 Å². The fourth-order valence-electron chi connectivity index (χ4n) is 2.20. The maximum Gasteiger partial charge on any atom is 0.0968 e. The van der Waals surface area contributed by atoms with Crippen LogP contribution in [0.1, 0.15) is 69.5 Å². The first-order valence-electron chi connectivity index (χ1n) is 6.96. The minimum Gasteiger partial charge on any atom is -0.307 e. The van der Waals surface area contributed by atoms with Gasteiger partial charge in [0, 0.05) is 22.9 Å². The number of aryl methyl sites for hydroxylation is 1. The lowest BCUT2D eigenvalue weighted by Crippen LogP contribution is -2.35. The molecule has 0 spiro atoms. The van der Waals surface area contributed by atoms with Crippen molar-refractivity contribution in [1.29, 1.82) is 0 Å². The predicted octanol–water partition coefficient (Wildman–Crippen LogP) is 4.11. The van der Waals surface area contributed by atoms with Gasteiger partial charge in [-0.25, -0.2) is 4.98 Å². The van der Waals surface area contributed by atoms with Gasteiger partial charge in [-0.2, -0.15) is 0 Å². The third-order valence-corrected chi connectivity index (χ3v) is 4.93. The number of nitrogens with one attached hydrogen (secondary N) is 1. The molecule has 2 rings (SSSR count). The summed E-state index contributed by atoms with van der Waals surface area (Å²) < 4.78 is 0. The van der Waals surface area contributed by atoms with E-state index in [1.54, 1.807) is 0 Å². The third kappa shape index (κ3) is 3.12. The Bertz CT molecular complexity index is 426. The van der Waals surface area contributed by atoms with E-state index in [1.807, 2.05) is 11.3 Å². The second-order valence-corrected chi connectivity index (χ2v) is 8.24. The number of aromatic nitrogens is 1. The topological polar surface area (TPSA) is 24.9 Å². The number of rotatable bonds is 4. The lowest BCUT2D eigenvalue weighted by Gasteiger charge is -2.20. The summed E-state index contributed by atoms with van der Waals surface area (Å²) in [5, 5.41) is 4.94. The average Bonchev–Trinajstić information content (AvgIpc) is 2.73. The maximum atomic E-state index is 4.87. The number of hydrogen-bond donors (Lipinski definition) is 1. The maximum absolute atomic E-state index is 4.87. The van der Waals surface area contributed by atoms with E-state index in [1.165, 1.54) is 22.0 Å². The van der Waals surface area contributed by atoms with Gasteiger partial charge in [-0.05, 0) is 39.0 Å².